The molecule has 2 rings (SSSR count). The van der Waals surface area contributed by atoms with Crippen molar-refractivity contribution in [3.63, 3.8) is 0 Å². The number of hydrogen-bond donors (Lipinski definition) is 3. The van der Waals surface area contributed by atoms with Crippen LogP contribution in [0, 0.1) is 0 Å². The van der Waals surface area contributed by atoms with Crippen LogP contribution in [0.1, 0.15) is 33.5 Å². The number of methoxy groups -OCH3 is 1. The van der Waals surface area contributed by atoms with E-state index in [1.54, 1.807) is 14.2 Å². The summed E-state index contributed by atoms with van der Waals surface area (Å²) in [5.41, 5.74) is 0.938. The maximum absolute atomic E-state index is 5.18. The number of H-pyrrole nitrogens is 1. The second-order valence-electron chi connectivity index (χ2n) is 7.11. The molecule has 1 aromatic carbocycles. The molecular formula is C20H33N7O. The zero-order valence-corrected chi connectivity index (χ0v) is 17.8. The Bertz CT molecular complexity index is 729. The molecule has 8 nitrogen and oxygen atoms in total. The second-order valence-corrected chi connectivity index (χ2v) is 7.11. The average Bonchev–Trinajstić information content (AvgIpc) is 3.16. The standard InChI is InChI=1S/C20H33N7O/c1-14(2)27(15(3)4)12-11-22-20(21-5)23-13-18-24-19(26-25-18)16-7-9-17(28-6)10-8-16/h7-10,14-15H,11-13H2,1-6H3,(H2,21,22,23)(H,24,25,26). The van der Waals surface area contributed by atoms with Gasteiger partial charge in [-0.15, -0.1) is 0 Å². The number of ether oxygens (including phenoxy) is 1. The number of aromatic nitrogens is 3. The minimum atomic E-state index is 0.515. The highest BCUT2D eigenvalue weighted by Gasteiger charge is 2.13. The maximum atomic E-state index is 5.18. The molecule has 0 bridgehead atoms. The summed E-state index contributed by atoms with van der Waals surface area (Å²) in [5, 5.41) is 13.9. The number of nitrogens with one attached hydrogen (secondary N) is 3. The van der Waals surface area contributed by atoms with Crippen LogP contribution in [0.25, 0.3) is 11.4 Å². The van der Waals surface area contributed by atoms with Crippen LogP contribution in [0.5, 0.6) is 5.75 Å². The Hall–Kier alpha value is -2.61. The molecule has 3 N–H and O–H groups in total. The van der Waals surface area contributed by atoms with Gasteiger partial charge in [-0.2, -0.15) is 5.10 Å². The van der Waals surface area contributed by atoms with Crippen molar-refractivity contribution in [3.05, 3.63) is 30.1 Å². The van der Waals surface area contributed by atoms with Gasteiger partial charge in [0.15, 0.2) is 11.8 Å². The summed E-state index contributed by atoms with van der Waals surface area (Å²) >= 11 is 0. The van der Waals surface area contributed by atoms with E-state index in [1.807, 2.05) is 24.3 Å². The molecule has 0 radical (unpaired) electrons. The molecule has 2 aromatic rings. The third-order valence-electron chi connectivity index (χ3n) is 4.52. The molecule has 0 aliphatic carbocycles. The van der Waals surface area contributed by atoms with Gasteiger partial charge in [0.2, 0.25) is 0 Å². The molecule has 0 spiro atoms. The number of aromatic amines is 1. The highest BCUT2D eigenvalue weighted by Crippen LogP contribution is 2.18. The Morgan fingerprint density at radius 3 is 2.39 bits per heavy atom. The summed E-state index contributed by atoms with van der Waals surface area (Å²) in [5.74, 6) is 2.96. The first-order chi connectivity index (χ1) is 13.4. The van der Waals surface area contributed by atoms with E-state index in [4.69, 9.17) is 4.74 Å². The van der Waals surface area contributed by atoms with Gasteiger partial charge >= 0.3 is 0 Å². The molecular weight excluding hydrogens is 354 g/mol. The number of rotatable bonds is 9. The van der Waals surface area contributed by atoms with Crippen molar-refractivity contribution in [2.24, 2.45) is 4.99 Å². The Morgan fingerprint density at radius 2 is 1.82 bits per heavy atom. The fourth-order valence-corrected chi connectivity index (χ4v) is 3.05. The first-order valence-electron chi connectivity index (χ1n) is 9.70. The third-order valence-corrected chi connectivity index (χ3v) is 4.52. The molecule has 0 saturated heterocycles. The highest BCUT2D eigenvalue weighted by atomic mass is 16.5. The van der Waals surface area contributed by atoms with E-state index in [1.165, 1.54) is 0 Å². The molecule has 1 heterocycles. The molecule has 0 aliphatic rings. The van der Waals surface area contributed by atoms with Crippen LogP contribution in [0.3, 0.4) is 0 Å². The first kappa shape index (κ1) is 21.7. The Balaban J connectivity index is 1.84. The Morgan fingerprint density at radius 1 is 1.14 bits per heavy atom. The smallest absolute Gasteiger partial charge is 0.191 e. The van der Waals surface area contributed by atoms with Crippen molar-refractivity contribution in [2.45, 2.75) is 46.3 Å². The molecule has 0 amide bonds. The van der Waals surface area contributed by atoms with Crippen LogP contribution in [-0.2, 0) is 6.54 Å². The van der Waals surface area contributed by atoms with Gasteiger partial charge in [-0.3, -0.25) is 15.0 Å². The van der Waals surface area contributed by atoms with E-state index in [0.29, 0.717) is 24.5 Å². The largest absolute Gasteiger partial charge is 0.497 e. The maximum Gasteiger partial charge on any atom is 0.191 e. The van der Waals surface area contributed by atoms with Gasteiger partial charge in [0, 0.05) is 37.8 Å². The van der Waals surface area contributed by atoms with E-state index in [0.717, 1.165) is 36.2 Å². The van der Waals surface area contributed by atoms with Gasteiger partial charge in [0.05, 0.1) is 13.7 Å². The summed E-state index contributed by atoms with van der Waals surface area (Å²) in [6.45, 7) is 11.2. The molecule has 1 aromatic heterocycles. The normalized spacial score (nSPS) is 12.1. The number of nitrogens with zero attached hydrogens (tertiary/aromatic N) is 4. The monoisotopic (exact) mass is 387 g/mol. The van der Waals surface area contributed by atoms with Crippen molar-refractivity contribution in [2.75, 3.05) is 27.2 Å². The van der Waals surface area contributed by atoms with Crippen LogP contribution >= 0.6 is 0 Å². The van der Waals surface area contributed by atoms with Crippen LogP contribution in [0.15, 0.2) is 29.3 Å². The molecule has 0 fully saturated rings. The Kier molecular flexibility index (Phi) is 8.25. The topological polar surface area (TPSA) is 90.5 Å². The summed E-state index contributed by atoms with van der Waals surface area (Å²) in [6, 6.07) is 8.70. The number of aliphatic imine (C=N–C) groups is 1. The summed E-state index contributed by atoms with van der Waals surface area (Å²) in [7, 11) is 3.41. The number of guanidine groups is 1. The molecule has 0 atom stereocenters. The highest BCUT2D eigenvalue weighted by molar-refractivity contribution is 5.79. The average molecular weight is 388 g/mol. The molecule has 8 heteroatoms. The fourth-order valence-electron chi connectivity index (χ4n) is 3.05. The van der Waals surface area contributed by atoms with Crippen LogP contribution in [0.2, 0.25) is 0 Å². The summed E-state index contributed by atoms with van der Waals surface area (Å²) in [6.07, 6.45) is 0. The van der Waals surface area contributed by atoms with E-state index < -0.39 is 0 Å². The molecule has 0 saturated carbocycles. The lowest BCUT2D eigenvalue weighted by Crippen LogP contribution is -2.45. The van der Waals surface area contributed by atoms with E-state index >= 15 is 0 Å². The van der Waals surface area contributed by atoms with Crippen molar-refractivity contribution >= 4 is 5.96 Å². The van der Waals surface area contributed by atoms with Crippen molar-refractivity contribution in [1.29, 1.82) is 0 Å². The zero-order valence-electron chi connectivity index (χ0n) is 17.8. The van der Waals surface area contributed by atoms with Gasteiger partial charge in [0.1, 0.15) is 11.6 Å². The van der Waals surface area contributed by atoms with Crippen LogP contribution in [-0.4, -0.2) is 65.4 Å². The third kappa shape index (κ3) is 6.23. The van der Waals surface area contributed by atoms with Crippen molar-refractivity contribution in [3.8, 4) is 17.1 Å². The number of hydrogen-bond acceptors (Lipinski definition) is 5. The molecule has 28 heavy (non-hydrogen) atoms. The van der Waals surface area contributed by atoms with Crippen molar-refractivity contribution in [1.82, 2.24) is 30.7 Å². The summed E-state index contributed by atoms with van der Waals surface area (Å²) in [4.78, 5) is 11.3. The van der Waals surface area contributed by atoms with Gasteiger partial charge < -0.3 is 15.4 Å². The second kappa shape index (κ2) is 10.7. The van der Waals surface area contributed by atoms with E-state index in [9.17, 15) is 0 Å². The lowest BCUT2D eigenvalue weighted by molar-refractivity contribution is 0.178. The minimum absolute atomic E-state index is 0.515. The SMILES string of the molecule is CN=C(NCCN(C(C)C)C(C)C)NCc1nc(-c2ccc(OC)cc2)n[nH]1. The van der Waals surface area contributed by atoms with Crippen LogP contribution < -0.4 is 15.4 Å². The molecule has 154 valence electrons. The molecule has 0 unspecified atom stereocenters. The predicted octanol–water partition coefficient (Wildman–Crippen LogP) is 2.26. The lowest BCUT2D eigenvalue weighted by Gasteiger charge is -2.30. The van der Waals surface area contributed by atoms with Crippen LogP contribution in [0.4, 0.5) is 0 Å². The number of benzene rings is 1. The summed E-state index contributed by atoms with van der Waals surface area (Å²) < 4.78 is 5.18. The van der Waals surface area contributed by atoms with Gasteiger partial charge in [-0.25, -0.2) is 4.98 Å². The minimum Gasteiger partial charge on any atom is -0.497 e. The van der Waals surface area contributed by atoms with Gasteiger partial charge in [-0.05, 0) is 52.0 Å². The predicted molar refractivity (Wildman–Crippen MR) is 114 cm³/mol. The lowest BCUT2D eigenvalue weighted by atomic mass is 10.2. The van der Waals surface area contributed by atoms with Crippen molar-refractivity contribution < 1.29 is 4.74 Å². The quantitative estimate of drug-likeness (QED) is 0.452. The molecule has 0 aliphatic heterocycles. The zero-order chi connectivity index (χ0) is 20.5. The Labute approximate surface area is 167 Å². The van der Waals surface area contributed by atoms with Gasteiger partial charge in [-0.1, -0.05) is 0 Å². The van der Waals surface area contributed by atoms with E-state index in [-0.39, 0.29) is 0 Å². The fraction of sp³-hybridized carbons (Fsp3) is 0.550. The first-order valence-corrected chi connectivity index (χ1v) is 9.70. The van der Waals surface area contributed by atoms with E-state index in [2.05, 4.69) is 63.4 Å². The van der Waals surface area contributed by atoms with Gasteiger partial charge in [0.25, 0.3) is 0 Å².